The van der Waals surface area contributed by atoms with Crippen molar-refractivity contribution in [2.45, 2.75) is 31.8 Å². The molecule has 2 rings (SSSR count). The van der Waals surface area contributed by atoms with Gasteiger partial charge in [0.1, 0.15) is 5.78 Å². The maximum atomic E-state index is 12.4. The number of piperidine rings is 1. The number of hydrogen-bond donors (Lipinski definition) is 1. The maximum absolute atomic E-state index is 12.4. The fraction of sp³-hybridized carbons (Fsp3) is 0.429. The van der Waals surface area contributed by atoms with Gasteiger partial charge in [-0.25, -0.2) is 0 Å². The summed E-state index contributed by atoms with van der Waals surface area (Å²) in [6.45, 7) is 1.74. The molecule has 1 N–H and O–H groups in total. The third kappa shape index (κ3) is 3.08. The van der Waals surface area contributed by atoms with E-state index in [0.717, 1.165) is 0 Å². The van der Waals surface area contributed by atoms with Crippen molar-refractivity contribution in [3.8, 4) is 0 Å². The molecule has 0 aromatic heterocycles. The number of carbonyl (C=O) groups excluding carboxylic acids is 2. The van der Waals surface area contributed by atoms with E-state index in [1.807, 2.05) is 0 Å². The van der Waals surface area contributed by atoms with E-state index in [-0.39, 0.29) is 24.3 Å². The number of nitro groups is 1. The highest BCUT2D eigenvalue weighted by Gasteiger charge is 2.43. The van der Waals surface area contributed by atoms with Gasteiger partial charge in [-0.3, -0.25) is 19.7 Å². The predicted molar refractivity (Wildman–Crippen MR) is 74.9 cm³/mol. The van der Waals surface area contributed by atoms with Crippen LogP contribution in [0.5, 0.6) is 0 Å². The Hall–Kier alpha value is -2.28. The van der Waals surface area contributed by atoms with Gasteiger partial charge in [-0.2, -0.15) is 0 Å². The van der Waals surface area contributed by atoms with E-state index >= 15 is 0 Å². The van der Waals surface area contributed by atoms with Crippen LogP contribution in [0.15, 0.2) is 24.3 Å². The number of anilines is 1. The Labute approximate surface area is 121 Å². The van der Waals surface area contributed by atoms with Crippen LogP contribution in [-0.2, 0) is 9.59 Å². The largest absolute Gasteiger partial charge is 0.380 e. The summed E-state index contributed by atoms with van der Waals surface area (Å²) in [5, 5.41) is 21.0. The number of aliphatic hydroxyl groups is 1. The smallest absolute Gasteiger partial charge is 0.269 e. The van der Waals surface area contributed by atoms with E-state index in [4.69, 9.17) is 0 Å². The number of nitro benzene ring substituents is 1. The number of hydrogen-bond acceptors (Lipinski definition) is 5. The molecule has 0 aliphatic carbocycles. The summed E-state index contributed by atoms with van der Waals surface area (Å²) in [6, 6.07) is 5.55. The van der Waals surface area contributed by atoms with Gasteiger partial charge in [0, 0.05) is 30.8 Å². The van der Waals surface area contributed by atoms with Crippen molar-refractivity contribution < 1.29 is 19.6 Å². The van der Waals surface area contributed by atoms with Crippen molar-refractivity contribution in [3.05, 3.63) is 34.4 Å². The number of benzene rings is 1. The van der Waals surface area contributed by atoms with Gasteiger partial charge in [0.05, 0.1) is 4.92 Å². The monoisotopic (exact) mass is 292 g/mol. The van der Waals surface area contributed by atoms with Gasteiger partial charge in [0.2, 0.25) is 0 Å². The van der Waals surface area contributed by atoms with Crippen molar-refractivity contribution in [1.82, 2.24) is 0 Å². The number of amides is 1. The Balaban J connectivity index is 2.25. The zero-order valence-electron chi connectivity index (χ0n) is 11.6. The molecule has 1 saturated heterocycles. The number of non-ortho nitro benzene ring substituents is 1. The molecular formula is C14H16N2O5. The molecule has 0 bridgehead atoms. The van der Waals surface area contributed by atoms with Crippen molar-refractivity contribution in [3.63, 3.8) is 0 Å². The molecule has 0 saturated carbocycles. The molecule has 1 aromatic carbocycles. The van der Waals surface area contributed by atoms with Gasteiger partial charge >= 0.3 is 0 Å². The molecule has 1 amide bonds. The lowest BCUT2D eigenvalue weighted by Gasteiger charge is -2.37. The summed E-state index contributed by atoms with van der Waals surface area (Å²) in [5.74, 6) is -0.783. The van der Waals surface area contributed by atoms with Gasteiger partial charge in [-0.15, -0.1) is 0 Å². The molecule has 1 aromatic rings. The topological polar surface area (TPSA) is 101 Å². The standard InChI is InChI=1S/C14H16N2O5/c1-10(17)9-14(19)7-2-8-15(13(14)18)11-3-5-12(6-4-11)16(20)21/h3-6,19H,2,7-9H2,1H3. The lowest BCUT2D eigenvalue weighted by Crippen LogP contribution is -2.54. The molecule has 1 aliphatic heterocycles. The Morgan fingerprint density at radius 2 is 2.05 bits per heavy atom. The van der Waals surface area contributed by atoms with E-state index in [1.54, 1.807) is 0 Å². The summed E-state index contributed by atoms with van der Waals surface area (Å²) < 4.78 is 0. The first-order valence-corrected chi connectivity index (χ1v) is 6.62. The van der Waals surface area contributed by atoms with Crippen LogP contribution in [0.4, 0.5) is 11.4 Å². The predicted octanol–water partition coefficient (Wildman–Crippen LogP) is 1.43. The van der Waals surface area contributed by atoms with Crippen LogP contribution in [0.3, 0.4) is 0 Å². The molecule has 1 fully saturated rings. The summed E-state index contributed by atoms with van der Waals surface area (Å²) in [5.41, 5.74) is -1.26. The summed E-state index contributed by atoms with van der Waals surface area (Å²) >= 11 is 0. The molecule has 1 heterocycles. The number of ketones is 1. The molecule has 7 nitrogen and oxygen atoms in total. The molecule has 1 unspecified atom stereocenters. The van der Waals surface area contributed by atoms with Crippen LogP contribution >= 0.6 is 0 Å². The van der Waals surface area contributed by atoms with Crippen LogP contribution in [0.25, 0.3) is 0 Å². The van der Waals surface area contributed by atoms with Crippen molar-refractivity contribution in [2.75, 3.05) is 11.4 Å². The van der Waals surface area contributed by atoms with Crippen molar-refractivity contribution >= 4 is 23.1 Å². The van der Waals surface area contributed by atoms with Crippen LogP contribution in [0, 0.1) is 10.1 Å². The van der Waals surface area contributed by atoms with Gasteiger partial charge in [-0.1, -0.05) is 0 Å². The number of nitrogens with zero attached hydrogens (tertiary/aromatic N) is 2. The molecular weight excluding hydrogens is 276 g/mol. The Bertz CT molecular complexity index is 584. The zero-order valence-corrected chi connectivity index (χ0v) is 11.6. The minimum atomic E-state index is -1.67. The Morgan fingerprint density at radius 3 is 2.57 bits per heavy atom. The van der Waals surface area contributed by atoms with Crippen molar-refractivity contribution in [2.24, 2.45) is 0 Å². The summed E-state index contributed by atoms with van der Waals surface area (Å²) in [4.78, 5) is 35.1. The Morgan fingerprint density at radius 1 is 1.43 bits per heavy atom. The van der Waals surface area contributed by atoms with E-state index in [1.165, 1.54) is 36.1 Å². The second kappa shape index (κ2) is 5.61. The third-order valence-corrected chi connectivity index (χ3v) is 3.53. The molecule has 1 atom stereocenters. The average Bonchev–Trinajstić information content (AvgIpc) is 2.41. The zero-order chi connectivity index (χ0) is 15.6. The van der Waals surface area contributed by atoms with Gasteiger partial charge in [0.25, 0.3) is 11.6 Å². The number of carbonyl (C=O) groups is 2. The first kappa shape index (κ1) is 15.1. The quantitative estimate of drug-likeness (QED) is 0.668. The third-order valence-electron chi connectivity index (χ3n) is 3.53. The molecule has 112 valence electrons. The first-order valence-electron chi connectivity index (χ1n) is 6.62. The van der Waals surface area contributed by atoms with Crippen LogP contribution < -0.4 is 4.90 Å². The van der Waals surface area contributed by atoms with Gasteiger partial charge < -0.3 is 10.0 Å². The highest BCUT2D eigenvalue weighted by Crippen LogP contribution is 2.30. The van der Waals surface area contributed by atoms with E-state index in [9.17, 15) is 24.8 Å². The maximum Gasteiger partial charge on any atom is 0.269 e. The molecule has 7 heteroatoms. The minimum absolute atomic E-state index is 0.0674. The van der Waals surface area contributed by atoms with E-state index < -0.39 is 16.4 Å². The molecule has 0 radical (unpaired) electrons. The highest BCUT2D eigenvalue weighted by atomic mass is 16.6. The Kier molecular flexibility index (Phi) is 4.04. The lowest BCUT2D eigenvalue weighted by atomic mass is 9.87. The van der Waals surface area contributed by atoms with Crippen LogP contribution in [0.1, 0.15) is 26.2 Å². The summed E-state index contributed by atoms with van der Waals surface area (Å²) in [7, 11) is 0. The molecule has 0 spiro atoms. The summed E-state index contributed by atoms with van der Waals surface area (Å²) in [6.07, 6.45) is 0.594. The number of rotatable bonds is 4. The SMILES string of the molecule is CC(=O)CC1(O)CCCN(c2ccc([N+](=O)[O-])cc2)C1=O. The molecule has 1 aliphatic rings. The fourth-order valence-corrected chi connectivity index (χ4v) is 2.57. The van der Waals surface area contributed by atoms with E-state index in [2.05, 4.69) is 0 Å². The molecule has 21 heavy (non-hydrogen) atoms. The normalized spacial score (nSPS) is 22.2. The fourth-order valence-electron chi connectivity index (χ4n) is 2.57. The average molecular weight is 292 g/mol. The second-order valence-corrected chi connectivity index (χ2v) is 5.24. The van der Waals surface area contributed by atoms with Crippen LogP contribution in [0.2, 0.25) is 0 Å². The van der Waals surface area contributed by atoms with Crippen LogP contribution in [-0.4, -0.2) is 33.9 Å². The highest BCUT2D eigenvalue weighted by molar-refractivity contribution is 6.02. The number of Topliss-reactive ketones (excluding diaryl/α,β-unsaturated/α-hetero) is 1. The van der Waals surface area contributed by atoms with Crippen molar-refractivity contribution in [1.29, 1.82) is 0 Å². The van der Waals surface area contributed by atoms with Gasteiger partial charge in [0.15, 0.2) is 5.60 Å². The minimum Gasteiger partial charge on any atom is -0.380 e. The second-order valence-electron chi connectivity index (χ2n) is 5.24. The first-order chi connectivity index (χ1) is 9.83. The van der Waals surface area contributed by atoms with E-state index in [0.29, 0.717) is 18.7 Å². The lowest BCUT2D eigenvalue weighted by molar-refractivity contribution is -0.384. The van der Waals surface area contributed by atoms with Gasteiger partial charge in [-0.05, 0) is 31.9 Å².